The molecular formula is C14H23N3O2. The molecule has 1 aromatic rings. The van der Waals surface area contributed by atoms with Gasteiger partial charge in [-0.1, -0.05) is 19.8 Å². The van der Waals surface area contributed by atoms with E-state index in [9.17, 15) is 9.90 Å². The number of nitrogens with two attached hydrogens (primary N) is 1. The van der Waals surface area contributed by atoms with E-state index in [0.717, 1.165) is 25.7 Å². The van der Waals surface area contributed by atoms with E-state index in [4.69, 9.17) is 5.73 Å². The lowest BCUT2D eigenvalue weighted by molar-refractivity contribution is -0.0110. The number of carbonyl (C=O) groups excluding carboxylic acids is 1. The van der Waals surface area contributed by atoms with Gasteiger partial charge >= 0.3 is 0 Å². The number of anilines is 1. The van der Waals surface area contributed by atoms with Gasteiger partial charge in [-0.15, -0.1) is 0 Å². The largest absolute Gasteiger partial charge is 0.397 e. The number of rotatable bonds is 3. The molecule has 0 aromatic carbocycles. The highest BCUT2D eigenvalue weighted by Gasteiger charge is 2.33. The van der Waals surface area contributed by atoms with Crippen LogP contribution in [0.4, 0.5) is 5.69 Å². The number of nitrogens with zero attached hydrogens (tertiary/aromatic N) is 1. The Balaban J connectivity index is 1.95. The highest BCUT2D eigenvalue weighted by atomic mass is 16.3. The SMILES string of the molecule is CC1CCCC(O)(CNC(=O)c2cc(N)cn2C)C1. The lowest BCUT2D eigenvalue weighted by atomic mass is 9.79. The molecule has 5 heteroatoms. The van der Waals surface area contributed by atoms with Crippen molar-refractivity contribution in [2.75, 3.05) is 12.3 Å². The van der Waals surface area contributed by atoms with Crippen molar-refractivity contribution < 1.29 is 9.90 Å². The maximum absolute atomic E-state index is 12.0. The summed E-state index contributed by atoms with van der Waals surface area (Å²) in [6, 6.07) is 1.64. The lowest BCUT2D eigenvalue weighted by Crippen LogP contribution is -2.46. The third kappa shape index (κ3) is 3.29. The van der Waals surface area contributed by atoms with Crippen molar-refractivity contribution in [2.24, 2.45) is 13.0 Å². The van der Waals surface area contributed by atoms with Gasteiger partial charge in [0.25, 0.3) is 5.91 Å². The average molecular weight is 265 g/mol. The quantitative estimate of drug-likeness (QED) is 0.770. The highest BCUT2D eigenvalue weighted by Crippen LogP contribution is 2.31. The molecule has 19 heavy (non-hydrogen) atoms. The second-order valence-electron chi connectivity index (χ2n) is 5.88. The Morgan fingerprint density at radius 2 is 2.42 bits per heavy atom. The van der Waals surface area contributed by atoms with Crippen molar-refractivity contribution in [3.05, 3.63) is 18.0 Å². The number of aryl methyl sites for hydroxylation is 1. The molecular weight excluding hydrogens is 242 g/mol. The Bertz CT molecular complexity index is 469. The zero-order chi connectivity index (χ0) is 14.0. The predicted molar refractivity (Wildman–Crippen MR) is 74.7 cm³/mol. The monoisotopic (exact) mass is 265 g/mol. The first kappa shape index (κ1) is 13.9. The Kier molecular flexibility index (Phi) is 3.85. The summed E-state index contributed by atoms with van der Waals surface area (Å²) in [5, 5.41) is 13.3. The van der Waals surface area contributed by atoms with Crippen LogP contribution in [0.15, 0.2) is 12.3 Å². The fraction of sp³-hybridized carbons (Fsp3) is 0.643. The third-order valence-corrected chi connectivity index (χ3v) is 3.90. The molecule has 0 spiro atoms. The second-order valence-corrected chi connectivity index (χ2v) is 5.88. The number of hydrogen-bond acceptors (Lipinski definition) is 3. The highest BCUT2D eigenvalue weighted by molar-refractivity contribution is 5.93. The van der Waals surface area contributed by atoms with Crippen LogP contribution in [0.5, 0.6) is 0 Å². The zero-order valence-corrected chi connectivity index (χ0v) is 11.6. The number of aromatic nitrogens is 1. The van der Waals surface area contributed by atoms with E-state index in [0.29, 0.717) is 23.8 Å². The normalized spacial score (nSPS) is 27.2. The van der Waals surface area contributed by atoms with Gasteiger partial charge in [-0.2, -0.15) is 0 Å². The van der Waals surface area contributed by atoms with Gasteiger partial charge in [0, 0.05) is 19.8 Å². The van der Waals surface area contributed by atoms with Gasteiger partial charge in [-0.3, -0.25) is 4.79 Å². The molecule has 1 aliphatic carbocycles. The van der Waals surface area contributed by atoms with Crippen LogP contribution >= 0.6 is 0 Å². The van der Waals surface area contributed by atoms with Crippen molar-refractivity contribution >= 4 is 11.6 Å². The van der Waals surface area contributed by atoms with Crippen molar-refractivity contribution in [1.82, 2.24) is 9.88 Å². The van der Waals surface area contributed by atoms with E-state index in [-0.39, 0.29) is 5.91 Å². The minimum Gasteiger partial charge on any atom is -0.397 e. The van der Waals surface area contributed by atoms with Crippen LogP contribution in [-0.4, -0.2) is 27.7 Å². The predicted octanol–water partition coefficient (Wildman–Crippen LogP) is 1.28. The molecule has 2 unspecified atom stereocenters. The van der Waals surface area contributed by atoms with Gasteiger partial charge in [-0.05, 0) is 24.8 Å². The third-order valence-electron chi connectivity index (χ3n) is 3.90. The fourth-order valence-corrected chi connectivity index (χ4v) is 2.94. The van der Waals surface area contributed by atoms with Crippen LogP contribution in [0.3, 0.4) is 0 Å². The molecule has 5 nitrogen and oxygen atoms in total. The van der Waals surface area contributed by atoms with E-state index < -0.39 is 5.60 Å². The topological polar surface area (TPSA) is 80.3 Å². The number of nitrogen functional groups attached to an aromatic ring is 1. The number of hydrogen-bond donors (Lipinski definition) is 3. The molecule has 0 radical (unpaired) electrons. The van der Waals surface area contributed by atoms with Crippen LogP contribution in [0, 0.1) is 5.92 Å². The van der Waals surface area contributed by atoms with Crippen molar-refractivity contribution in [2.45, 2.75) is 38.2 Å². The first-order valence-corrected chi connectivity index (χ1v) is 6.82. The van der Waals surface area contributed by atoms with Gasteiger partial charge in [0.15, 0.2) is 0 Å². The summed E-state index contributed by atoms with van der Waals surface area (Å²) in [7, 11) is 1.78. The van der Waals surface area contributed by atoms with Crippen molar-refractivity contribution in [3.63, 3.8) is 0 Å². The van der Waals surface area contributed by atoms with Crippen LogP contribution in [-0.2, 0) is 7.05 Å². The summed E-state index contributed by atoms with van der Waals surface area (Å²) < 4.78 is 1.69. The Hall–Kier alpha value is -1.49. The summed E-state index contributed by atoms with van der Waals surface area (Å²) in [6.45, 7) is 2.45. The molecule has 1 heterocycles. The van der Waals surface area contributed by atoms with Crippen LogP contribution in [0.25, 0.3) is 0 Å². The Labute approximate surface area is 113 Å². The Morgan fingerprint density at radius 1 is 1.68 bits per heavy atom. The van der Waals surface area contributed by atoms with E-state index in [1.807, 2.05) is 0 Å². The van der Waals surface area contributed by atoms with Crippen LogP contribution in [0.2, 0.25) is 0 Å². The number of aliphatic hydroxyl groups is 1. The van der Waals surface area contributed by atoms with Gasteiger partial charge in [-0.25, -0.2) is 0 Å². The molecule has 2 atom stereocenters. The minimum absolute atomic E-state index is 0.189. The molecule has 0 bridgehead atoms. The average Bonchev–Trinajstić information content (AvgIpc) is 2.65. The fourth-order valence-electron chi connectivity index (χ4n) is 2.94. The molecule has 2 rings (SSSR count). The Morgan fingerprint density at radius 3 is 3.00 bits per heavy atom. The zero-order valence-electron chi connectivity index (χ0n) is 11.6. The number of carbonyl (C=O) groups is 1. The molecule has 1 amide bonds. The standard InChI is InChI=1S/C14H23N3O2/c1-10-4-3-5-14(19,7-10)9-16-13(18)12-6-11(15)8-17(12)2/h6,8,10,19H,3-5,7,9,15H2,1-2H3,(H,16,18). The van der Waals surface area contributed by atoms with E-state index in [1.54, 1.807) is 23.9 Å². The smallest absolute Gasteiger partial charge is 0.268 e. The maximum atomic E-state index is 12.0. The van der Waals surface area contributed by atoms with Crippen molar-refractivity contribution in [3.8, 4) is 0 Å². The molecule has 0 aliphatic heterocycles. The van der Waals surface area contributed by atoms with Crippen LogP contribution < -0.4 is 11.1 Å². The summed E-state index contributed by atoms with van der Waals surface area (Å²) in [5.74, 6) is 0.326. The number of nitrogens with one attached hydrogen (secondary N) is 1. The summed E-state index contributed by atoms with van der Waals surface area (Å²) in [5.41, 5.74) is 5.98. The summed E-state index contributed by atoms with van der Waals surface area (Å²) in [6.07, 6.45) is 5.39. The van der Waals surface area contributed by atoms with E-state index in [2.05, 4.69) is 12.2 Å². The molecule has 0 saturated heterocycles. The van der Waals surface area contributed by atoms with E-state index in [1.165, 1.54) is 0 Å². The molecule has 4 N–H and O–H groups in total. The molecule has 1 aromatic heterocycles. The first-order chi connectivity index (χ1) is 8.89. The van der Waals surface area contributed by atoms with Gasteiger partial charge in [0.05, 0.1) is 11.3 Å². The van der Waals surface area contributed by atoms with Crippen molar-refractivity contribution in [1.29, 1.82) is 0 Å². The molecule has 106 valence electrons. The van der Waals surface area contributed by atoms with Crippen LogP contribution in [0.1, 0.15) is 43.1 Å². The maximum Gasteiger partial charge on any atom is 0.268 e. The second kappa shape index (κ2) is 5.25. The van der Waals surface area contributed by atoms with Gasteiger partial charge in [0.2, 0.25) is 0 Å². The van der Waals surface area contributed by atoms with Gasteiger partial charge in [0.1, 0.15) is 5.69 Å². The lowest BCUT2D eigenvalue weighted by Gasteiger charge is -2.35. The van der Waals surface area contributed by atoms with Gasteiger partial charge < -0.3 is 20.7 Å². The summed E-state index contributed by atoms with van der Waals surface area (Å²) in [4.78, 5) is 12.0. The molecule has 1 aliphatic rings. The first-order valence-electron chi connectivity index (χ1n) is 6.82. The summed E-state index contributed by atoms with van der Waals surface area (Å²) >= 11 is 0. The van der Waals surface area contributed by atoms with E-state index >= 15 is 0 Å². The number of amides is 1. The molecule has 1 fully saturated rings. The minimum atomic E-state index is -0.760. The molecule has 1 saturated carbocycles.